The van der Waals surface area contributed by atoms with Crippen LogP contribution in [0, 0.1) is 0 Å². The van der Waals surface area contributed by atoms with E-state index in [0.717, 1.165) is 16.2 Å². The number of carbonyl (C=O) groups is 4. The van der Waals surface area contributed by atoms with Gasteiger partial charge >= 0.3 is 11.9 Å². The molecular weight excluding hydrogens is 450 g/mol. The number of anilines is 1. The lowest BCUT2D eigenvalue weighted by molar-refractivity contribution is -0.150. The molecule has 2 amide bonds. The molecule has 0 radical (unpaired) electrons. The summed E-state index contributed by atoms with van der Waals surface area (Å²) in [7, 11) is 0. The average molecular weight is 465 g/mol. The van der Waals surface area contributed by atoms with Gasteiger partial charge in [0.15, 0.2) is 10.8 Å². The third-order valence-corrected chi connectivity index (χ3v) is 6.79. The molecule has 0 aromatic carbocycles. The van der Waals surface area contributed by atoms with Crippen molar-refractivity contribution in [2.45, 2.75) is 23.9 Å². The quantitative estimate of drug-likeness (QED) is 0.140. The zero-order chi connectivity index (χ0) is 22.3. The summed E-state index contributed by atoms with van der Waals surface area (Å²) < 4.78 is 5.06. The normalized spacial score (nSPS) is 25.2. The van der Waals surface area contributed by atoms with Crippen LogP contribution in [-0.4, -0.2) is 72.9 Å². The number of β-lactam (4-membered cyclic amide) rings is 1. The SMILES string of the molecule is Nc1nc(/C(=N\O)C(=O)N[C@@H]2C(=O)N3C(C(=O)O)=C(CC4C=CC(=O)O4)CS[C@H]23)cs1. The van der Waals surface area contributed by atoms with Crippen LogP contribution in [0.4, 0.5) is 5.13 Å². The van der Waals surface area contributed by atoms with Gasteiger partial charge in [-0.05, 0) is 11.6 Å². The van der Waals surface area contributed by atoms with E-state index >= 15 is 0 Å². The maximum Gasteiger partial charge on any atom is 0.352 e. The number of carboxylic acid groups (broad SMARTS) is 1. The van der Waals surface area contributed by atoms with Crippen LogP contribution in [0.2, 0.25) is 0 Å². The topological polar surface area (TPSA) is 185 Å². The molecule has 31 heavy (non-hydrogen) atoms. The number of cyclic esters (lactones) is 1. The second kappa shape index (κ2) is 8.03. The Kier molecular flexibility index (Phi) is 5.41. The van der Waals surface area contributed by atoms with Crippen molar-refractivity contribution in [1.82, 2.24) is 15.2 Å². The van der Waals surface area contributed by atoms with Crippen LogP contribution in [0.3, 0.4) is 0 Å². The van der Waals surface area contributed by atoms with Crippen LogP contribution < -0.4 is 11.1 Å². The number of esters is 1. The summed E-state index contributed by atoms with van der Waals surface area (Å²) in [6.07, 6.45) is 2.36. The largest absolute Gasteiger partial charge is 0.477 e. The minimum atomic E-state index is -1.29. The highest BCUT2D eigenvalue weighted by Gasteiger charge is 2.54. The molecule has 1 aromatic rings. The molecule has 1 saturated heterocycles. The number of thiazole rings is 1. The van der Waals surface area contributed by atoms with Crippen molar-refractivity contribution < 1.29 is 34.2 Å². The van der Waals surface area contributed by atoms with Crippen LogP contribution in [0.15, 0.2) is 34.0 Å². The Hall–Kier alpha value is -3.39. The Balaban J connectivity index is 1.50. The summed E-state index contributed by atoms with van der Waals surface area (Å²) in [5, 5.41) is 25.2. The molecule has 162 valence electrons. The monoisotopic (exact) mass is 465 g/mol. The number of nitrogens with zero attached hydrogens (tertiary/aromatic N) is 3. The highest BCUT2D eigenvalue weighted by atomic mass is 32.2. The number of hydrogen-bond donors (Lipinski definition) is 4. The van der Waals surface area contributed by atoms with Gasteiger partial charge in [-0.1, -0.05) is 5.16 Å². The van der Waals surface area contributed by atoms with Gasteiger partial charge in [0.2, 0.25) is 0 Å². The second-order valence-corrected chi connectivity index (χ2v) is 8.67. The number of ether oxygens (including phenoxy) is 1. The maximum atomic E-state index is 12.7. The highest BCUT2D eigenvalue weighted by molar-refractivity contribution is 8.00. The standard InChI is InChI=1S/C17H15N5O7S2/c18-17-19-8(5-31-17)10(21-28)13(24)20-11-14(25)22-12(16(26)27)6(4-30-15(11)22)3-7-1-2-9(23)29-7/h1-2,5,7,11,15,28H,3-4H2,(H2,18,19)(H,20,24)(H,26,27)/b21-10+/t7?,11-,15-/m1/s1. The van der Waals surface area contributed by atoms with E-state index in [0.29, 0.717) is 5.57 Å². The van der Waals surface area contributed by atoms with E-state index in [1.54, 1.807) is 0 Å². The van der Waals surface area contributed by atoms with E-state index in [2.05, 4.69) is 15.5 Å². The molecule has 4 heterocycles. The number of aromatic nitrogens is 1. The molecule has 14 heteroatoms. The molecule has 0 spiro atoms. The predicted molar refractivity (Wildman–Crippen MR) is 108 cm³/mol. The minimum Gasteiger partial charge on any atom is -0.477 e. The van der Waals surface area contributed by atoms with Gasteiger partial charge in [-0.25, -0.2) is 14.6 Å². The number of hydrogen-bond acceptors (Lipinski definition) is 11. The van der Waals surface area contributed by atoms with Gasteiger partial charge in [0.05, 0.1) is 0 Å². The number of amides is 2. The first-order chi connectivity index (χ1) is 14.8. The van der Waals surface area contributed by atoms with Gasteiger partial charge in [-0.3, -0.25) is 14.5 Å². The molecule has 0 saturated carbocycles. The van der Waals surface area contributed by atoms with E-state index in [1.165, 1.54) is 29.3 Å². The van der Waals surface area contributed by atoms with Crippen molar-refractivity contribution in [2.75, 3.05) is 11.5 Å². The molecule has 5 N–H and O–H groups in total. The molecule has 1 aromatic heterocycles. The van der Waals surface area contributed by atoms with Crippen molar-refractivity contribution in [3.05, 3.63) is 34.5 Å². The summed E-state index contributed by atoms with van der Waals surface area (Å²) in [5.41, 5.74) is 5.43. The first-order valence-corrected chi connectivity index (χ1v) is 10.8. The Bertz CT molecular complexity index is 1080. The van der Waals surface area contributed by atoms with Gasteiger partial charge in [-0.15, -0.1) is 23.1 Å². The van der Waals surface area contributed by atoms with Crippen LogP contribution in [0.25, 0.3) is 0 Å². The molecule has 12 nitrogen and oxygen atoms in total. The number of thioether (sulfide) groups is 1. The van der Waals surface area contributed by atoms with Crippen molar-refractivity contribution in [3.63, 3.8) is 0 Å². The second-order valence-electron chi connectivity index (χ2n) is 6.68. The fourth-order valence-electron chi connectivity index (χ4n) is 3.43. The number of fused-ring (bicyclic) bond motifs is 1. The molecule has 1 fully saturated rings. The van der Waals surface area contributed by atoms with Crippen LogP contribution in [0.5, 0.6) is 0 Å². The van der Waals surface area contributed by atoms with Crippen molar-refractivity contribution in [1.29, 1.82) is 0 Å². The molecular formula is C17H15N5O7S2. The molecule has 4 rings (SSSR count). The molecule has 3 atom stereocenters. The van der Waals surface area contributed by atoms with E-state index < -0.39 is 47.0 Å². The van der Waals surface area contributed by atoms with Crippen LogP contribution in [0.1, 0.15) is 12.1 Å². The van der Waals surface area contributed by atoms with E-state index in [9.17, 15) is 29.5 Å². The summed E-state index contributed by atoms with van der Waals surface area (Å²) >= 11 is 2.32. The van der Waals surface area contributed by atoms with Crippen molar-refractivity contribution in [3.8, 4) is 0 Å². The first kappa shape index (κ1) is 20.9. The smallest absolute Gasteiger partial charge is 0.352 e. The molecule has 3 aliphatic rings. The predicted octanol–water partition coefficient (Wildman–Crippen LogP) is -0.486. The van der Waals surface area contributed by atoms with Crippen molar-refractivity contribution >= 4 is 57.7 Å². The number of nitrogens with two attached hydrogens (primary N) is 1. The Morgan fingerprint density at radius 3 is 2.77 bits per heavy atom. The number of carboxylic acids is 1. The van der Waals surface area contributed by atoms with Gasteiger partial charge in [0.25, 0.3) is 11.8 Å². The molecule has 0 aliphatic carbocycles. The average Bonchev–Trinajstić information content (AvgIpc) is 3.34. The van der Waals surface area contributed by atoms with Crippen LogP contribution >= 0.6 is 23.1 Å². The summed E-state index contributed by atoms with van der Waals surface area (Å²) in [6.45, 7) is 0. The number of nitrogen functional groups attached to an aromatic ring is 1. The lowest BCUT2D eigenvalue weighted by Crippen LogP contribution is -2.71. The van der Waals surface area contributed by atoms with Gasteiger partial charge < -0.3 is 26.1 Å². The number of rotatable bonds is 6. The lowest BCUT2D eigenvalue weighted by atomic mass is 9.99. The van der Waals surface area contributed by atoms with E-state index in [1.807, 2.05) is 0 Å². The summed E-state index contributed by atoms with van der Waals surface area (Å²) in [5.74, 6) is -2.99. The third kappa shape index (κ3) is 3.74. The summed E-state index contributed by atoms with van der Waals surface area (Å²) in [4.78, 5) is 53.3. The van der Waals surface area contributed by atoms with Crippen LogP contribution in [-0.2, 0) is 23.9 Å². The Morgan fingerprint density at radius 2 is 2.19 bits per heavy atom. The number of carbonyl (C=O) groups excluding carboxylic acids is 3. The molecule has 0 bridgehead atoms. The zero-order valence-electron chi connectivity index (χ0n) is 15.5. The first-order valence-electron chi connectivity index (χ1n) is 8.83. The summed E-state index contributed by atoms with van der Waals surface area (Å²) in [6, 6.07) is -1.01. The highest BCUT2D eigenvalue weighted by Crippen LogP contribution is 2.41. The fraction of sp³-hybridized carbons (Fsp3) is 0.294. The fourth-order valence-corrected chi connectivity index (χ4v) is 5.33. The molecule has 3 aliphatic heterocycles. The molecule has 1 unspecified atom stereocenters. The number of aliphatic carboxylic acids is 1. The Morgan fingerprint density at radius 1 is 1.42 bits per heavy atom. The third-order valence-electron chi connectivity index (χ3n) is 4.78. The minimum absolute atomic E-state index is 0.0509. The number of nitrogens with one attached hydrogen (secondary N) is 1. The van der Waals surface area contributed by atoms with E-state index in [4.69, 9.17) is 10.5 Å². The van der Waals surface area contributed by atoms with Gasteiger partial charge in [-0.2, -0.15) is 0 Å². The van der Waals surface area contributed by atoms with Crippen molar-refractivity contribution in [2.24, 2.45) is 5.16 Å². The van der Waals surface area contributed by atoms with E-state index in [-0.39, 0.29) is 28.7 Å². The lowest BCUT2D eigenvalue weighted by Gasteiger charge is -2.49. The zero-order valence-corrected chi connectivity index (χ0v) is 17.2. The number of oxime groups is 1. The van der Waals surface area contributed by atoms with Gasteiger partial charge in [0.1, 0.15) is 28.9 Å². The Labute approximate surface area is 182 Å². The maximum absolute atomic E-state index is 12.7. The van der Waals surface area contributed by atoms with Gasteiger partial charge in [0, 0.05) is 23.6 Å².